The van der Waals surface area contributed by atoms with Gasteiger partial charge in [0.1, 0.15) is 5.60 Å². The number of rotatable bonds is 1. The number of nitrogens with two attached hydrogens (primary N) is 1. The van der Waals surface area contributed by atoms with Gasteiger partial charge >= 0.3 is 6.09 Å². The van der Waals surface area contributed by atoms with E-state index in [1.807, 2.05) is 51.1 Å². The van der Waals surface area contributed by atoms with Crippen LogP contribution in [0.15, 0.2) is 36.5 Å². The number of nitrogens with zero attached hydrogens (tertiary/aromatic N) is 1. The fraction of sp³-hybridized carbons (Fsp3) is 0.400. The highest BCUT2D eigenvalue weighted by molar-refractivity contribution is 5.70. The standard InChI is InChI=1S/C15H20N2O2/c1-15(2,3)19-14(18)17-9-8-11(10-17)12-6-4-5-7-13(12)16/h4-9,11H,10,16H2,1-3H3. The third kappa shape index (κ3) is 3.28. The second kappa shape index (κ2) is 4.96. The maximum atomic E-state index is 11.9. The van der Waals surface area contributed by atoms with E-state index in [9.17, 15) is 4.79 Å². The van der Waals surface area contributed by atoms with E-state index in [0.717, 1.165) is 11.3 Å². The van der Waals surface area contributed by atoms with Crippen molar-refractivity contribution in [3.8, 4) is 0 Å². The minimum atomic E-state index is -0.477. The van der Waals surface area contributed by atoms with E-state index >= 15 is 0 Å². The zero-order valence-electron chi connectivity index (χ0n) is 11.6. The Hall–Kier alpha value is -1.97. The molecule has 1 aliphatic rings. The molecule has 1 amide bonds. The van der Waals surface area contributed by atoms with Crippen LogP contribution in [0.5, 0.6) is 0 Å². The maximum Gasteiger partial charge on any atom is 0.414 e. The van der Waals surface area contributed by atoms with Crippen LogP contribution in [0.1, 0.15) is 32.3 Å². The summed E-state index contributed by atoms with van der Waals surface area (Å²) in [7, 11) is 0. The first kappa shape index (κ1) is 13.5. The van der Waals surface area contributed by atoms with Crippen molar-refractivity contribution in [3.63, 3.8) is 0 Å². The lowest BCUT2D eigenvalue weighted by atomic mass is 9.99. The first-order valence-corrected chi connectivity index (χ1v) is 6.39. The summed E-state index contributed by atoms with van der Waals surface area (Å²) < 4.78 is 5.34. The van der Waals surface area contributed by atoms with E-state index in [-0.39, 0.29) is 12.0 Å². The predicted octanol–water partition coefficient (Wildman–Crippen LogP) is 3.12. The zero-order chi connectivity index (χ0) is 14.0. The highest BCUT2D eigenvalue weighted by Crippen LogP contribution is 2.29. The summed E-state index contributed by atoms with van der Waals surface area (Å²) in [5.41, 5.74) is 7.28. The molecule has 4 nitrogen and oxygen atoms in total. The number of amides is 1. The molecular formula is C15H20N2O2. The van der Waals surface area contributed by atoms with Crippen LogP contribution >= 0.6 is 0 Å². The van der Waals surface area contributed by atoms with Crippen LogP contribution in [0.25, 0.3) is 0 Å². The summed E-state index contributed by atoms with van der Waals surface area (Å²) in [6.07, 6.45) is 3.43. The van der Waals surface area contributed by atoms with Crippen molar-refractivity contribution in [2.24, 2.45) is 0 Å². The van der Waals surface area contributed by atoms with Crippen molar-refractivity contribution in [2.75, 3.05) is 12.3 Å². The van der Waals surface area contributed by atoms with Crippen LogP contribution in [0.4, 0.5) is 10.5 Å². The minimum absolute atomic E-state index is 0.133. The Kier molecular flexibility index (Phi) is 3.51. The van der Waals surface area contributed by atoms with Crippen LogP contribution < -0.4 is 5.73 Å². The molecule has 0 fully saturated rings. The molecule has 0 saturated carbocycles. The van der Waals surface area contributed by atoms with Crippen LogP contribution in [-0.2, 0) is 4.74 Å². The molecule has 1 unspecified atom stereocenters. The Balaban J connectivity index is 2.04. The first-order chi connectivity index (χ1) is 8.87. The number of carbonyl (C=O) groups excluding carboxylic acids is 1. The second-order valence-electron chi connectivity index (χ2n) is 5.71. The van der Waals surface area contributed by atoms with Gasteiger partial charge in [0.15, 0.2) is 0 Å². The number of para-hydroxylation sites is 1. The van der Waals surface area contributed by atoms with Gasteiger partial charge in [-0.15, -0.1) is 0 Å². The summed E-state index contributed by atoms with van der Waals surface area (Å²) in [6, 6.07) is 7.72. The molecule has 0 saturated heterocycles. The SMILES string of the molecule is CC(C)(C)OC(=O)N1C=CC(c2ccccc2N)C1. The van der Waals surface area contributed by atoms with Gasteiger partial charge in [0, 0.05) is 24.4 Å². The van der Waals surface area contributed by atoms with Gasteiger partial charge in [0.2, 0.25) is 0 Å². The van der Waals surface area contributed by atoms with Gasteiger partial charge in [0.05, 0.1) is 0 Å². The molecule has 0 bridgehead atoms. The Morgan fingerprint density at radius 1 is 1.37 bits per heavy atom. The number of hydrogen-bond acceptors (Lipinski definition) is 3. The summed E-state index contributed by atoms with van der Waals surface area (Å²) in [4.78, 5) is 13.5. The average Bonchev–Trinajstić information content (AvgIpc) is 2.76. The summed E-state index contributed by atoms with van der Waals surface area (Å²) >= 11 is 0. The number of hydrogen-bond donors (Lipinski definition) is 1. The van der Waals surface area contributed by atoms with Crippen molar-refractivity contribution in [1.82, 2.24) is 4.90 Å². The summed E-state index contributed by atoms with van der Waals surface area (Å²) in [5.74, 6) is 0.133. The smallest absolute Gasteiger partial charge is 0.414 e. The minimum Gasteiger partial charge on any atom is -0.443 e. The number of carbonyl (C=O) groups is 1. The summed E-state index contributed by atoms with van der Waals surface area (Å²) in [5, 5.41) is 0. The molecule has 0 radical (unpaired) electrons. The number of ether oxygens (including phenoxy) is 1. The number of anilines is 1. The van der Waals surface area contributed by atoms with Gasteiger partial charge in [0.25, 0.3) is 0 Å². The highest BCUT2D eigenvalue weighted by Gasteiger charge is 2.27. The molecule has 19 heavy (non-hydrogen) atoms. The van der Waals surface area contributed by atoms with Gasteiger partial charge in [-0.2, -0.15) is 0 Å². The van der Waals surface area contributed by atoms with Gasteiger partial charge in [-0.25, -0.2) is 4.79 Å². The third-order valence-electron chi connectivity index (χ3n) is 2.92. The normalized spacial score (nSPS) is 18.7. The third-order valence-corrected chi connectivity index (χ3v) is 2.92. The lowest BCUT2D eigenvalue weighted by Crippen LogP contribution is -2.33. The summed E-state index contributed by atoms with van der Waals surface area (Å²) in [6.45, 7) is 6.15. The van der Waals surface area contributed by atoms with Gasteiger partial charge in [-0.05, 0) is 32.4 Å². The van der Waals surface area contributed by atoms with Crippen molar-refractivity contribution in [2.45, 2.75) is 32.3 Å². The Labute approximate surface area is 113 Å². The molecule has 0 spiro atoms. The van der Waals surface area contributed by atoms with Crippen LogP contribution in [0.3, 0.4) is 0 Å². The molecule has 2 rings (SSSR count). The first-order valence-electron chi connectivity index (χ1n) is 6.39. The fourth-order valence-electron chi connectivity index (χ4n) is 2.05. The quantitative estimate of drug-likeness (QED) is 0.789. The molecule has 1 atom stereocenters. The lowest BCUT2D eigenvalue weighted by Gasteiger charge is -2.24. The number of benzene rings is 1. The monoisotopic (exact) mass is 260 g/mol. The van der Waals surface area contributed by atoms with E-state index < -0.39 is 5.60 Å². The van der Waals surface area contributed by atoms with Crippen LogP contribution in [0.2, 0.25) is 0 Å². The predicted molar refractivity (Wildman–Crippen MR) is 75.7 cm³/mol. The Morgan fingerprint density at radius 2 is 2.05 bits per heavy atom. The van der Waals surface area contributed by atoms with Crippen molar-refractivity contribution in [1.29, 1.82) is 0 Å². The van der Waals surface area contributed by atoms with Crippen molar-refractivity contribution in [3.05, 3.63) is 42.1 Å². The number of nitrogen functional groups attached to an aromatic ring is 1. The van der Waals surface area contributed by atoms with E-state index in [2.05, 4.69) is 0 Å². The van der Waals surface area contributed by atoms with E-state index in [4.69, 9.17) is 10.5 Å². The molecule has 1 heterocycles. The van der Waals surface area contributed by atoms with E-state index in [1.165, 1.54) is 0 Å². The topological polar surface area (TPSA) is 55.6 Å². The van der Waals surface area contributed by atoms with Gasteiger partial charge in [-0.3, -0.25) is 4.90 Å². The Bertz CT molecular complexity index is 503. The van der Waals surface area contributed by atoms with Crippen LogP contribution in [0, 0.1) is 0 Å². The van der Waals surface area contributed by atoms with Crippen molar-refractivity contribution >= 4 is 11.8 Å². The largest absolute Gasteiger partial charge is 0.443 e. The van der Waals surface area contributed by atoms with Gasteiger partial charge < -0.3 is 10.5 Å². The molecule has 0 aromatic heterocycles. The highest BCUT2D eigenvalue weighted by atomic mass is 16.6. The maximum absolute atomic E-state index is 11.9. The molecule has 4 heteroatoms. The molecule has 2 N–H and O–H groups in total. The second-order valence-corrected chi connectivity index (χ2v) is 5.71. The van der Waals surface area contributed by atoms with Crippen LogP contribution in [-0.4, -0.2) is 23.1 Å². The molecule has 1 aromatic carbocycles. The fourth-order valence-corrected chi connectivity index (χ4v) is 2.05. The van der Waals surface area contributed by atoms with E-state index in [0.29, 0.717) is 6.54 Å². The zero-order valence-corrected chi connectivity index (χ0v) is 11.6. The molecular weight excluding hydrogens is 240 g/mol. The molecule has 1 aliphatic heterocycles. The van der Waals surface area contributed by atoms with Gasteiger partial charge in [-0.1, -0.05) is 24.3 Å². The molecule has 102 valence electrons. The average molecular weight is 260 g/mol. The lowest BCUT2D eigenvalue weighted by molar-refractivity contribution is 0.0345. The molecule has 1 aromatic rings. The molecule has 0 aliphatic carbocycles. The van der Waals surface area contributed by atoms with Crippen molar-refractivity contribution < 1.29 is 9.53 Å². The van der Waals surface area contributed by atoms with E-state index in [1.54, 1.807) is 11.1 Å². The Morgan fingerprint density at radius 3 is 2.68 bits per heavy atom.